The van der Waals surface area contributed by atoms with Crippen LogP contribution in [-0.2, 0) is 6.42 Å². The quantitative estimate of drug-likeness (QED) is 0.436. The highest BCUT2D eigenvalue weighted by Crippen LogP contribution is 2.40. The molecule has 0 bridgehead atoms. The Labute approximate surface area is 205 Å². The number of nitrogens with one attached hydrogen (secondary N) is 1. The van der Waals surface area contributed by atoms with Crippen molar-refractivity contribution in [2.75, 3.05) is 20.2 Å². The van der Waals surface area contributed by atoms with Crippen molar-refractivity contribution in [1.82, 2.24) is 10.3 Å². The first kappa shape index (κ1) is 24.5. The maximum atomic E-state index is 13.1. The van der Waals surface area contributed by atoms with E-state index in [1.54, 1.807) is 25.4 Å². The fourth-order valence-corrected chi connectivity index (χ4v) is 5.12. The zero-order valence-electron chi connectivity index (χ0n) is 19.4. The van der Waals surface area contributed by atoms with Gasteiger partial charge in [-0.1, -0.05) is 23.4 Å². The summed E-state index contributed by atoms with van der Waals surface area (Å²) in [7, 11) is 1.65. The Morgan fingerprint density at radius 2 is 1.97 bits per heavy atom. The molecule has 6 heteroatoms. The van der Waals surface area contributed by atoms with Crippen LogP contribution in [0.4, 0.5) is 4.39 Å². The monoisotopic (exact) mass is 480 g/mol. The van der Waals surface area contributed by atoms with Gasteiger partial charge < -0.3 is 15.2 Å². The fraction of sp³-hybridized carbons (Fsp3) is 0.393. The molecule has 0 radical (unpaired) electrons. The molecule has 4 rings (SSSR count). The van der Waals surface area contributed by atoms with Gasteiger partial charge in [-0.25, -0.2) is 4.39 Å². The van der Waals surface area contributed by atoms with E-state index in [0.29, 0.717) is 11.4 Å². The number of fused-ring (bicyclic) bond motifs is 1. The molecule has 4 nitrogen and oxygen atoms in total. The van der Waals surface area contributed by atoms with Crippen molar-refractivity contribution in [2.45, 2.75) is 44.6 Å². The number of pyridine rings is 1. The summed E-state index contributed by atoms with van der Waals surface area (Å²) in [6.45, 7) is 1.77. The van der Waals surface area contributed by atoms with E-state index in [-0.39, 0.29) is 11.2 Å². The van der Waals surface area contributed by atoms with Gasteiger partial charge in [-0.05, 0) is 98.6 Å². The smallest absolute Gasteiger partial charge is 0.123 e. The molecular weight excluding hydrogens is 451 g/mol. The SMILES string of the molecule is COc1ccc2ncc(Cl)c(CCCC3(C(O)CC#Cc4ccc(F)cc4)CCNCC3)c2c1. The van der Waals surface area contributed by atoms with Crippen LogP contribution < -0.4 is 10.1 Å². The van der Waals surface area contributed by atoms with E-state index >= 15 is 0 Å². The third-order valence-corrected chi connectivity index (χ3v) is 7.24. The Bertz CT molecular complexity index is 1180. The van der Waals surface area contributed by atoms with Crippen molar-refractivity contribution in [1.29, 1.82) is 0 Å². The van der Waals surface area contributed by atoms with E-state index in [0.717, 1.165) is 73.0 Å². The van der Waals surface area contributed by atoms with Crippen molar-refractivity contribution in [2.24, 2.45) is 5.41 Å². The number of ether oxygens (including phenoxy) is 1. The van der Waals surface area contributed by atoms with Crippen molar-refractivity contribution < 1.29 is 14.2 Å². The number of methoxy groups -OCH3 is 1. The van der Waals surface area contributed by atoms with Crippen LogP contribution in [0.2, 0.25) is 5.02 Å². The molecule has 0 aliphatic carbocycles. The zero-order chi connectivity index (χ0) is 24.0. The average molecular weight is 481 g/mol. The molecule has 3 aromatic rings. The lowest BCUT2D eigenvalue weighted by molar-refractivity contribution is -0.00337. The molecule has 0 amide bonds. The Morgan fingerprint density at radius 3 is 2.71 bits per heavy atom. The summed E-state index contributed by atoms with van der Waals surface area (Å²) < 4.78 is 18.5. The van der Waals surface area contributed by atoms with Gasteiger partial charge in [0.2, 0.25) is 0 Å². The molecule has 1 atom stereocenters. The molecule has 1 saturated heterocycles. The van der Waals surface area contributed by atoms with Gasteiger partial charge >= 0.3 is 0 Å². The van der Waals surface area contributed by atoms with Crippen LogP contribution in [0, 0.1) is 23.1 Å². The lowest BCUT2D eigenvalue weighted by Crippen LogP contribution is -2.44. The van der Waals surface area contributed by atoms with Crippen LogP contribution in [0.25, 0.3) is 10.9 Å². The number of hydrogen-bond acceptors (Lipinski definition) is 4. The van der Waals surface area contributed by atoms with Crippen LogP contribution >= 0.6 is 11.6 Å². The topological polar surface area (TPSA) is 54.4 Å². The molecule has 0 saturated carbocycles. The number of nitrogens with zero attached hydrogens (tertiary/aromatic N) is 1. The molecule has 34 heavy (non-hydrogen) atoms. The number of halogens is 2. The molecule has 2 aromatic carbocycles. The van der Waals surface area contributed by atoms with E-state index in [1.807, 2.05) is 18.2 Å². The Hall–Kier alpha value is -2.65. The van der Waals surface area contributed by atoms with Crippen LogP contribution in [0.3, 0.4) is 0 Å². The largest absolute Gasteiger partial charge is 0.497 e. The summed E-state index contributed by atoms with van der Waals surface area (Å²) in [5.74, 6) is 6.66. The van der Waals surface area contributed by atoms with E-state index < -0.39 is 6.10 Å². The number of aliphatic hydroxyl groups excluding tert-OH is 1. The molecule has 2 heterocycles. The van der Waals surface area contributed by atoms with Crippen molar-refractivity contribution in [3.8, 4) is 17.6 Å². The number of aromatic nitrogens is 1. The minimum Gasteiger partial charge on any atom is -0.497 e. The summed E-state index contributed by atoms with van der Waals surface area (Å²) in [5.41, 5.74) is 2.53. The predicted octanol–water partition coefficient (Wildman–Crippen LogP) is 5.53. The van der Waals surface area contributed by atoms with Gasteiger partial charge in [0.05, 0.1) is 23.8 Å². The summed E-state index contributed by atoms with van der Waals surface area (Å²) in [5, 5.41) is 16.3. The second-order valence-electron chi connectivity index (χ2n) is 8.96. The third-order valence-electron chi connectivity index (χ3n) is 6.91. The van der Waals surface area contributed by atoms with Gasteiger partial charge in [-0.15, -0.1) is 0 Å². The standard InChI is InChI=1S/C28H30ClFN2O2/c1-34-22-11-12-26-24(18-22)23(25(29)19-32-26)5-3-13-28(14-16-31-17-15-28)27(33)6-2-4-20-7-9-21(30)10-8-20/h7-12,18-19,27,31,33H,3,5-6,13-17H2,1H3. The lowest BCUT2D eigenvalue weighted by atomic mass is 9.69. The first-order valence-electron chi connectivity index (χ1n) is 11.8. The Morgan fingerprint density at radius 1 is 1.21 bits per heavy atom. The first-order chi connectivity index (χ1) is 16.5. The molecule has 1 fully saturated rings. The third kappa shape index (κ3) is 5.70. The Balaban J connectivity index is 1.47. The lowest BCUT2D eigenvalue weighted by Gasteiger charge is -2.41. The molecule has 0 spiro atoms. The van der Waals surface area contributed by atoms with Crippen LogP contribution in [-0.4, -0.2) is 36.4 Å². The zero-order valence-corrected chi connectivity index (χ0v) is 20.2. The van der Waals surface area contributed by atoms with Crippen LogP contribution in [0.15, 0.2) is 48.7 Å². The van der Waals surface area contributed by atoms with Crippen LogP contribution in [0.1, 0.15) is 43.2 Å². The number of aliphatic hydroxyl groups is 1. The highest BCUT2D eigenvalue weighted by atomic mass is 35.5. The van der Waals surface area contributed by atoms with E-state index in [9.17, 15) is 9.50 Å². The Kier molecular flexibility index (Phi) is 8.05. The molecule has 1 aliphatic rings. The predicted molar refractivity (Wildman–Crippen MR) is 135 cm³/mol. The molecule has 178 valence electrons. The molecule has 2 N–H and O–H groups in total. The second kappa shape index (κ2) is 11.2. The fourth-order valence-electron chi connectivity index (χ4n) is 4.87. The second-order valence-corrected chi connectivity index (χ2v) is 9.37. The number of benzene rings is 2. The van der Waals surface area contributed by atoms with E-state index in [4.69, 9.17) is 16.3 Å². The number of hydrogen-bond donors (Lipinski definition) is 2. The van der Waals surface area contributed by atoms with E-state index in [2.05, 4.69) is 22.1 Å². The highest BCUT2D eigenvalue weighted by Gasteiger charge is 2.38. The first-order valence-corrected chi connectivity index (χ1v) is 12.1. The van der Waals surface area contributed by atoms with E-state index in [1.165, 1.54) is 12.1 Å². The summed E-state index contributed by atoms with van der Waals surface area (Å²) in [6.07, 6.45) is 5.99. The summed E-state index contributed by atoms with van der Waals surface area (Å²) in [6, 6.07) is 12.0. The van der Waals surface area contributed by atoms with Crippen molar-refractivity contribution in [3.05, 3.63) is 70.6 Å². The van der Waals surface area contributed by atoms with Gasteiger partial charge in [0.25, 0.3) is 0 Å². The highest BCUT2D eigenvalue weighted by molar-refractivity contribution is 6.32. The maximum Gasteiger partial charge on any atom is 0.123 e. The molecule has 1 aliphatic heterocycles. The van der Waals surface area contributed by atoms with Crippen LogP contribution in [0.5, 0.6) is 5.75 Å². The van der Waals surface area contributed by atoms with Gasteiger partial charge in [0.1, 0.15) is 11.6 Å². The maximum absolute atomic E-state index is 13.1. The number of rotatable bonds is 7. The van der Waals surface area contributed by atoms with Gasteiger partial charge in [0.15, 0.2) is 0 Å². The molecule has 1 unspecified atom stereocenters. The summed E-state index contributed by atoms with van der Waals surface area (Å²) >= 11 is 6.55. The minimum absolute atomic E-state index is 0.185. The van der Waals surface area contributed by atoms with Gasteiger partial charge in [0, 0.05) is 23.6 Å². The minimum atomic E-state index is -0.521. The number of aryl methyl sites for hydroxylation is 1. The van der Waals surface area contributed by atoms with Crippen molar-refractivity contribution in [3.63, 3.8) is 0 Å². The molecular formula is C28H30ClFN2O2. The summed E-state index contributed by atoms with van der Waals surface area (Å²) in [4.78, 5) is 4.45. The normalized spacial score (nSPS) is 16.0. The van der Waals surface area contributed by atoms with Crippen molar-refractivity contribution >= 4 is 22.5 Å². The molecule has 1 aromatic heterocycles. The number of piperidine rings is 1. The average Bonchev–Trinajstić information content (AvgIpc) is 2.86. The van der Waals surface area contributed by atoms with Gasteiger partial charge in [-0.3, -0.25) is 4.98 Å². The van der Waals surface area contributed by atoms with Gasteiger partial charge in [-0.2, -0.15) is 0 Å².